The highest BCUT2D eigenvalue weighted by atomic mass is 16.5. The van der Waals surface area contributed by atoms with Crippen molar-refractivity contribution < 1.29 is 4.74 Å². The molecule has 1 aromatic rings. The first-order chi connectivity index (χ1) is 7.90. The fraction of sp³-hybridized carbons (Fsp3) is 0.900. The van der Waals surface area contributed by atoms with Gasteiger partial charge in [0.1, 0.15) is 0 Å². The van der Waals surface area contributed by atoms with Gasteiger partial charge < -0.3 is 10.1 Å². The molecule has 2 rings (SSSR count). The quantitative estimate of drug-likeness (QED) is 0.641. The van der Waals surface area contributed by atoms with Gasteiger partial charge in [0.2, 0.25) is 0 Å². The van der Waals surface area contributed by atoms with Gasteiger partial charge in [-0.15, -0.1) is 5.10 Å². The number of nitrogens with one attached hydrogen (secondary N) is 1. The summed E-state index contributed by atoms with van der Waals surface area (Å²) in [7, 11) is 0. The smallest absolute Gasteiger partial charge is 0.165 e. The van der Waals surface area contributed by atoms with Gasteiger partial charge in [-0.2, -0.15) is 0 Å². The summed E-state index contributed by atoms with van der Waals surface area (Å²) in [6.45, 7) is 6.02. The molecule has 1 heterocycles. The Kier molecular flexibility index (Phi) is 4.24. The number of hydrogen-bond donors (Lipinski definition) is 1. The average Bonchev–Trinajstić information content (AvgIpc) is 3.01. The minimum absolute atomic E-state index is 0.695. The Balaban J connectivity index is 1.67. The number of hydrogen-bond acceptors (Lipinski definition) is 5. The Hall–Kier alpha value is -1.01. The van der Waals surface area contributed by atoms with Crippen LogP contribution in [0.3, 0.4) is 0 Å². The predicted octanol–water partition coefficient (Wildman–Crippen LogP) is 0.209. The SMILES string of the molecule is CCNCc1nnnn1CCOCC1CC1. The monoisotopic (exact) mass is 225 g/mol. The molecule has 0 amide bonds. The number of rotatable bonds is 8. The van der Waals surface area contributed by atoms with E-state index >= 15 is 0 Å². The maximum atomic E-state index is 5.55. The Bertz CT molecular complexity index is 310. The van der Waals surface area contributed by atoms with Crippen LogP contribution in [-0.2, 0) is 17.8 Å². The van der Waals surface area contributed by atoms with Gasteiger partial charge >= 0.3 is 0 Å². The van der Waals surface area contributed by atoms with Crippen LogP contribution in [0, 0.1) is 5.92 Å². The lowest BCUT2D eigenvalue weighted by Crippen LogP contribution is -2.18. The van der Waals surface area contributed by atoms with E-state index in [-0.39, 0.29) is 0 Å². The summed E-state index contributed by atoms with van der Waals surface area (Å²) in [5.74, 6) is 1.69. The molecule has 6 nitrogen and oxygen atoms in total. The fourth-order valence-corrected chi connectivity index (χ4v) is 1.45. The molecule has 1 saturated carbocycles. The Morgan fingerprint density at radius 2 is 2.38 bits per heavy atom. The van der Waals surface area contributed by atoms with Gasteiger partial charge in [-0.05, 0) is 35.7 Å². The molecule has 0 aromatic carbocycles. The van der Waals surface area contributed by atoms with Gasteiger partial charge in [-0.25, -0.2) is 4.68 Å². The molecule has 0 spiro atoms. The minimum Gasteiger partial charge on any atom is -0.379 e. The summed E-state index contributed by atoms with van der Waals surface area (Å²) in [6.07, 6.45) is 2.66. The largest absolute Gasteiger partial charge is 0.379 e. The van der Waals surface area contributed by atoms with Gasteiger partial charge in [0.15, 0.2) is 5.82 Å². The van der Waals surface area contributed by atoms with Crippen LogP contribution in [0.25, 0.3) is 0 Å². The molecule has 1 fully saturated rings. The molecule has 0 aliphatic heterocycles. The van der Waals surface area contributed by atoms with E-state index in [1.165, 1.54) is 12.8 Å². The zero-order valence-corrected chi connectivity index (χ0v) is 9.72. The molecule has 1 aromatic heterocycles. The lowest BCUT2D eigenvalue weighted by Gasteiger charge is -2.05. The number of aromatic nitrogens is 4. The van der Waals surface area contributed by atoms with Crippen LogP contribution in [0.2, 0.25) is 0 Å². The van der Waals surface area contributed by atoms with E-state index < -0.39 is 0 Å². The van der Waals surface area contributed by atoms with Gasteiger partial charge in [-0.3, -0.25) is 0 Å². The van der Waals surface area contributed by atoms with Gasteiger partial charge in [0.25, 0.3) is 0 Å². The highest BCUT2D eigenvalue weighted by Gasteiger charge is 2.20. The highest BCUT2D eigenvalue weighted by molar-refractivity contribution is 4.79. The van der Waals surface area contributed by atoms with E-state index in [0.717, 1.165) is 31.4 Å². The van der Waals surface area contributed by atoms with Crippen LogP contribution in [-0.4, -0.2) is 40.0 Å². The molecule has 0 saturated heterocycles. The second-order valence-corrected chi connectivity index (χ2v) is 4.12. The predicted molar refractivity (Wildman–Crippen MR) is 58.7 cm³/mol. The molecule has 1 N–H and O–H groups in total. The molecule has 6 heteroatoms. The van der Waals surface area contributed by atoms with Gasteiger partial charge in [-0.1, -0.05) is 6.92 Å². The third-order valence-electron chi connectivity index (χ3n) is 2.64. The van der Waals surface area contributed by atoms with Crippen LogP contribution in [0.4, 0.5) is 0 Å². The topological polar surface area (TPSA) is 64.9 Å². The third kappa shape index (κ3) is 3.53. The standard InChI is InChI=1S/C10H19N5O/c1-2-11-7-10-12-13-14-15(10)5-6-16-8-9-3-4-9/h9,11H,2-8H2,1H3. The van der Waals surface area contributed by atoms with E-state index in [2.05, 4.69) is 27.8 Å². The second kappa shape index (κ2) is 5.91. The summed E-state index contributed by atoms with van der Waals surface area (Å²) < 4.78 is 7.35. The maximum absolute atomic E-state index is 5.55. The third-order valence-corrected chi connectivity index (χ3v) is 2.64. The summed E-state index contributed by atoms with van der Waals surface area (Å²) >= 11 is 0. The minimum atomic E-state index is 0.695. The van der Waals surface area contributed by atoms with Crippen molar-refractivity contribution in [3.05, 3.63) is 5.82 Å². The number of nitrogens with zero attached hydrogens (tertiary/aromatic N) is 4. The molecule has 1 aliphatic rings. The molecule has 1 aliphatic carbocycles. The highest BCUT2D eigenvalue weighted by Crippen LogP contribution is 2.28. The van der Waals surface area contributed by atoms with Crippen molar-refractivity contribution in [2.45, 2.75) is 32.9 Å². The van der Waals surface area contributed by atoms with Gasteiger partial charge in [0.05, 0.1) is 19.7 Å². The van der Waals surface area contributed by atoms with Crippen molar-refractivity contribution in [1.82, 2.24) is 25.5 Å². The Labute approximate surface area is 95.4 Å². The Morgan fingerprint density at radius 1 is 1.50 bits per heavy atom. The molecule has 16 heavy (non-hydrogen) atoms. The molecule has 0 unspecified atom stereocenters. The lowest BCUT2D eigenvalue weighted by molar-refractivity contribution is 0.113. The first-order valence-corrected chi connectivity index (χ1v) is 5.93. The second-order valence-electron chi connectivity index (χ2n) is 4.12. The first-order valence-electron chi connectivity index (χ1n) is 5.93. The zero-order valence-electron chi connectivity index (χ0n) is 9.72. The normalized spacial score (nSPS) is 15.6. The summed E-state index contributed by atoms with van der Waals surface area (Å²) in [4.78, 5) is 0. The molecular formula is C10H19N5O. The van der Waals surface area contributed by atoms with E-state index in [1.807, 2.05) is 0 Å². The Morgan fingerprint density at radius 3 is 3.12 bits per heavy atom. The van der Waals surface area contributed by atoms with E-state index in [1.54, 1.807) is 4.68 Å². The van der Waals surface area contributed by atoms with Crippen molar-refractivity contribution in [3.63, 3.8) is 0 Å². The van der Waals surface area contributed by atoms with E-state index in [9.17, 15) is 0 Å². The van der Waals surface area contributed by atoms with Crippen molar-refractivity contribution in [3.8, 4) is 0 Å². The van der Waals surface area contributed by atoms with Crippen LogP contribution < -0.4 is 5.32 Å². The van der Waals surface area contributed by atoms with Crippen molar-refractivity contribution >= 4 is 0 Å². The van der Waals surface area contributed by atoms with E-state index in [4.69, 9.17) is 4.74 Å². The fourth-order valence-electron chi connectivity index (χ4n) is 1.45. The van der Waals surface area contributed by atoms with Crippen molar-refractivity contribution in [2.24, 2.45) is 5.92 Å². The van der Waals surface area contributed by atoms with Crippen LogP contribution >= 0.6 is 0 Å². The molecule has 0 atom stereocenters. The molecule has 0 radical (unpaired) electrons. The summed E-state index contributed by atoms with van der Waals surface area (Å²) in [6, 6.07) is 0. The van der Waals surface area contributed by atoms with Crippen LogP contribution in [0.1, 0.15) is 25.6 Å². The first kappa shape index (κ1) is 11.5. The van der Waals surface area contributed by atoms with Crippen molar-refractivity contribution in [1.29, 1.82) is 0 Å². The molecule has 90 valence electrons. The number of ether oxygens (including phenoxy) is 1. The van der Waals surface area contributed by atoms with E-state index in [0.29, 0.717) is 13.2 Å². The zero-order chi connectivity index (χ0) is 11.2. The van der Waals surface area contributed by atoms with Crippen LogP contribution in [0.15, 0.2) is 0 Å². The maximum Gasteiger partial charge on any atom is 0.165 e. The summed E-state index contributed by atoms with van der Waals surface area (Å²) in [5.41, 5.74) is 0. The number of tetrazole rings is 1. The molecule has 0 bridgehead atoms. The van der Waals surface area contributed by atoms with Gasteiger partial charge in [0, 0.05) is 6.61 Å². The average molecular weight is 225 g/mol. The molecular weight excluding hydrogens is 206 g/mol. The lowest BCUT2D eigenvalue weighted by atomic mass is 10.5. The van der Waals surface area contributed by atoms with Crippen LogP contribution in [0.5, 0.6) is 0 Å². The summed E-state index contributed by atoms with van der Waals surface area (Å²) in [5, 5.41) is 14.8. The van der Waals surface area contributed by atoms with Crippen molar-refractivity contribution in [2.75, 3.05) is 19.8 Å².